The SMILES string of the molecule is CCCCOC1CC(NC(=NC)NC2CCN(c3ccccn3)CC2)C1(C)C.I. The molecule has 1 aromatic rings. The highest BCUT2D eigenvalue weighted by Gasteiger charge is 2.49. The van der Waals surface area contributed by atoms with Gasteiger partial charge < -0.3 is 20.3 Å². The lowest BCUT2D eigenvalue weighted by Gasteiger charge is -2.52. The van der Waals surface area contributed by atoms with Gasteiger partial charge in [-0.05, 0) is 37.8 Å². The zero-order valence-electron chi connectivity index (χ0n) is 18.4. The molecule has 2 fully saturated rings. The molecule has 2 N–H and O–H groups in total. The molecule has 2 unspecified atom stereocenters. The van der Waals surface area contributed by atoms with Crippen molar-refractivity contribution in [3.05, 3.63) is 24.4 Å². The van der Waals surface area contributed by atoms with E-state index >= 15 is 0 Å². The quantitative estimate of drug-likeness (QED) is 0.250. The lowest BCUT2D eigenvalue weighted by molar-refractivity contribution is -0.113. The van der Waals surface area contributed by atoms with Crippen molar-refractivity contribution in [1.82, 2.24) is 15.6 Å². The van der Waals surface area contributed by atoms with Crippen molar-refractivity contribution in [2.45, 2.75) is 71.1 Å². The number of rotatable bonds is 7. The smallest absolute Gasteiger partial charge is 0.191 e. The summed E-state index contributed by atoms with van der Waals surface area (Å²) >= 11 is 0. The second-order valence-corrected chi connectivity index (χ2v) is 8.63. The van der Waals surface area contributed by atoms with Gasteiger partial charge in [-0.15, -0.1) is 24.0 Å². The molecule has 0 aromatic carbocycles. The Labute approximate surface area is 193 Å². The summed E-state index contributed by atoms with van der Waals surface area (Å²) in [6, 6.07) is 6.96. The van der Waals surface area contributed by atoms with E-state index in [1.807, 2.05) is 19.3 Å². The van der Waals surface area contributed by atoms with Crippen LogP contribution in [0, 0.1) is 5.41 Å². The number of guanidine groups is 1. The van der Waals surface area contributed by atoms with E-state index in [1.165, 1.54) is 6.42 Å². The van der Waals surface area contributed by atoms with Crippen molar-refractivity contribution in [1.29, 1.82) is 0 Å². The van der Waals surface area contributed by atoms with Gasteiger partial charge in [0.1, 0.15) is 5.82 Å². The molecular formula is C22H38IN5O. The van der Waals surface area contributed by atoms with Crippen LogP contribution in [-0.2, 0) is 4.74 Å². The van der Waals surface area contributed by atoms with Crippen LogP contribution in [0.1, 0.15) is 52.9 Å². The molecule has 0 bridgehead atoms. The Kier molecular flexibility index (Phi) is 9.46. The van der Waals surface area contributed by atoms with Crippen molar-refractivity contribution >= 4 is 35.8 Å². The average molecular weight is 515 g/mol. The fraction of sp³-hybridized carbons (Fsp3) is 0.727. The van der Waals surface area contributed by atoms with Crippen LogP contribution in [0.5, 0.6) is 0 Å². The number of anilines is 1. The molecule has 1 aromatic heterocycles. The third-order valence-corrected chi connectivity index (χ3v) is 6.34. The van der Waals surface area contributed by atoms with E-state index in [9.17, 15) is 0 Å². The average Bonchev–Trinajstić information content (AvgIpc) is 2.72. The summed E-state index contributed by atoms with van der Waals surface area (Å²) in [5.74, 6) is 2.00. The molecule has 2 atom stereocenters. The second kappa shape index (κ2) is 11.3. The number of unbranched alkanes of at least 4 members (excludes halogenated alkanes) is 1. The minimum atomic E-state index is 0. The summed E-state index contributed by atoms with van der Waals surface area (Å²) in [6.45, 7) is 9.71. The fourth-order valence-corrected chi connectivity index (χ4v) is 4.11. The van der Waals surface area contributed by atoms with E-state index in [-0.39, 0.29) is 29.4 Å². The van der Waals surface area contributed by atoms with Gasteiger partial charge in [0, 0.05) is 50.4 Å². The summed E-state index contributed by atoms with van der Waals surface area (Å²) < 4.78 is 6.07. The first kappa shape index (κ1) is 24.2. The minimum Gasteiger partial charge on any atom is -0.378 e. The number of nitrogens with one attached hydrogen (secondary N) is 2. The normalized spacial score (nSPS) is 24.4. The highest BCUT2D eigenvalue weighted by molar-refractivity contribution is 14.0. The van der Waals surface area contributed by atoms with Crippen molar-refractivity contribution in [2.24, 2.45) is 10.4 Å². The molecule has 2 heterocycles. The number of aliphatic imine (C=N–C) groups is 1. The summed E-state index contributed by atoms with van der Waals surface area (Å²) in [4.78, 5) is 11.3. The molecule has 7 heteroatoms. The third kappa shape index (κ3) is 6.20. The van der Waals surface area contributed by atoms with Crippen LogP contribution in [0.3, 0.4) is 0 Å². The maximum absolute atomic E-state index is 6.07. The van der Waals surface area contributed by atoms with Gasteiger partial charge in [0.2, 0.25) is 0 Å². The topological polar surface area (TPSA) is 61.8 Å². The van der Waals surface area contributed by atoms with Crippen LogP contribution >= 0.6 is 24.0 Å². The molecule has 6 nitrogen and oxygen atoms in total. The molecule has 1 saturated carbocycles. The second-order valence-electron chi connectivity index (χ2n) is 8.63. The van der Waals surface area contributed by atoms with Crippen molar-refractivity contribution in [2.75, 3.05) is 31.6 Å². The van der Waals surface area contributed by atoms with Crippen molar-refractivity contribution < 1.29 is 4.74 Å². The Hall–Kier alpha value is -1.09. The zero-order valence-corrected chi connectivity index (χ0v) is 20.7. The Balaban J connectivity index is 0.00000300. The molecule has 0 amide bonds. The van der Waals surface area contributed by atoms with Gasteiger partial charge in [0.15, 0.2) is 5.96 Å². The van der Waals surface area contributed by atoms with Crippen molar-refractivity contribution in [3.8, 4) is 0 Å². The summed E-state index contributed by atoms with van der Waals surface area (Å²) in [7, 11) is 1.86. The molecule has 0 spiro atoms. The Morgan fingerprint density at radius 1 is 1.28 bits per heavy atom. The molecule has 29 heavy (non-hydrogen) atoms. The predicted octanol–water partition coefficient (Wildman–Crippen LogP) is 3.82. The predicted molar refractivity (Wildman–Crippen MR) is 131 cm³/mol. The number of pyridine rings is 1. The minimum absolute atomic E-state index is 0. The van der Waals surface area contributed by atoms with Crippen LogP contribution in [0.15, 0.2) is 29.4 Å². The summed E-state index contributed by atoms with van der Waals surface area (Å²) in [6.07, 6.45) is 7.77. The molecule has 2 aliphatic rings. The zero-order chi connectivity index (χ0) is 20.0. The first-order valence-electron chi connectivity index (χ1n) is 10.8. The highest BCUT2D eigenvalue weighted by Crippen LogP contribution is 2.42. The van der Waals surface area contributed by atoms with E-state index in [0.717, 1.165) is 57.2 Å². The number of hydrogen-bond donors (Lipinski definition) is 2. The summed E-state index contributed by atoms with van der Waals surface area (Å²) in [5.41, 5.74) is 0.133. The number of hydrogen-bond acceptors (Lipinski definition) is 4. The van der Waals surface area contributed by atoms with E-state index in [0.29, 0.717) is 18.2 Å². The van der Waals surface area contributed by atoms with Gasteiger partial charge in [-0.3, -0.25) is 4.99 Å². The molecule has 1 aliphatic heterocycles. The third-order valence-electron chi connectivity index (χ3n) is 6.34. The molecule has 1 aliphatic carbocycles. The number of halogens is 1. The van der Waals surface area contributed by atoms with Crippen LogP contribution in [-0.4, -0.2) is 55.9 Å². The fourth-order valence-electron chi connectivity index (χ4n) is 4.11. The van der Waals surface area contributed by atoms with Gasteiger partial charge in [-0.2, -0.15) is 0 Å². The van der Waals surface area contributed by atoms with Gasteiger partial charge >= 0.3 is 0 Å². The van der Waals surface area contributed by atoms with Gasteiger partial charge in [0.25, 0.3) is 0 Å². The standard InChI is InChI=1S/C22H37N5O.HI/c1-5-6-15-28-19-16-18(22(19,2)3)26-21(23-4)25-17-10-13-27(14-11-17)20-9-7-8-12-24-20;/h7-9,12,17-19H,5-6,10-11,13-16H2,1-4H3,(H2,23,25,26);1H. The largest absolute Gasteiger partial charge is 0.378 e. The van der Waals surface area contributed by atoms with Crippen LogP contribution in [0.25, 0.3) is 0 Å². The molecule has 164 valence electrons. The van der Waals surface area contributed by atoms with Crippen molar-refractivity contribution in [3.63, 3.8) is 0 Å². The number of aromatic nitrogens is 1. The summed E-state index contributed by atoms with van der Waals surface area (Å²) in [5, 5.41) is 7.27. The lowest BCUT2D eigenvalue weighted by Crippen LogP contribution is -2.64. The van der Waals surface area contributed by atoms with Crippen LogP contribution < -0.4 is 15.5 Å². The highest BCUT2D eigenvalue weighted by atomic mass is 127. The lowest BCUT2D eigenvalue weighted by atomic mass is 9.64. The number of piperidine rings is 1. The number of ether oxygens (including phenoxy) is 1. The van der Waals surface area contributed by atoms with E-state index in [2.05, 4.69) is 58.4 Å². The van der Waals surface area contributed by atoms with Crippen LogP contribution in [0.2, 0.25) is 0 Å². The first-order valence-corrected chi connectivity index (χ1v) is 10.8. The Morgan fingerprint density at radius 3 is 2.62 bits per heavy atom. The first-order chi connectivity index (χ1) is 13.5. The molecule has 3 rings (SSSR count). The Morgan fingerprint density at radius 2 is 2.03 bits per heavy atom. The molecule has 0 radical (unpaired) electrons. The molecule has 1 saturated heterocycles. The van der Waals surface area contributed by atoms with E-state index < -0.39 is 0 Å². The monoisotopic (exact) mass is 515 g/mol. The van der Waals surface area contributed by atoms with Gasteiger partial charge in [0.05, 0.1) is 6.10 Å². The maximum Gasteiger partial charge on any atom is 0.191 e. The van der Waals surface area contributed by atoms with Gasteiger partial charge in [-0.1, -0.05) is 33.3 Å². The van der Waals surface area contributed by atoms with E-state index in [1.54, 1.807) is 0 Å². The van der Waals surface area contributed by atoms with E-state index in [4.69, 9.17) is 4.74 Å². The van der Waals surface area contributed by atoms with Gasteiger partial charge in [-0.25, -0.2) is 4.98 Å². The number of nitrogens with zero attached hydrogens (tertiary/aromatic N) is 3. The molecular weight excluding hydrogens is 477 g/mol. The van der Waals surface area contributed by atoms with Crippen LogP contribution in [0.4, 0.5) is 5.82 Å². The Bertz CT molecular complexity index is 631. The maximum atomic E-state index is 6.07.